The lowest BCUT2D eigenvalue weighted by molar-refractivity contribution is 0.0958. The molecule has 76 valence electrons. The van der Waals surface area contributed by atoms with Gasteiger partial charge in [-0.05, 0) is 0 Å². The van der Waals surface area contributed by atoms with Crippen LogP contribution < -0.4 is 11.1 Å². The third-order valence-corrected chi connectivity index (χ3v) is 1.80. The van der Waals surface area contributed by atoms with Crippen LogP contribution in [-0.2, 0) is 7.05 Å². The summed E-state index contributed by atoms with van der Waals surface area (Å²) < 4.78 is 1.42. The zero-order chi connectivity index (χ0) is 10.7. The number of aromatic nitrogens is 2. The molecule has 0 aromatic carbocycles. The van der Waals surface area contributed by atoms with Crippen LogP contribution in [-0.4, -0.2) is 22.2 Å². The highest BCUT2D eigenvalue weighted by atomic mass is 35.5. The molecular weight excluding hydrogens is 204 g/mol. The maximum Gasteiger partial charge on any atom is 0.256 e. The van der Waals surface area contributed by atoms with Crippen molar-refractivity contribution in [1.29, 1.82) is 0 Å². The summed E-state index contributed by atoms with van der Waals surface area (Å²) in [7, 11) is 1.66. The fourth-order valence-electron chi connectivity index (χ4n) is 0.893. The summed E-state index contributed by atoms with van der Waals surface area (Å²) in [4.78, 5) is 11.4. The number of hydrogen-bond acceptors (Lipinski definition) is 3. The molecule has 0 aliphatic rings. The third-order valence-electron chi connectivity index (χ3n) is 1.67. The first-order valence-electron chi connectivity index (χ1n) is 3.91. The normalized spacial score (nSPS) is 9.86. The van der Waals surface area contributed by atoms with Crippen LogP contribution in [0.2, 0.25) is 0 Å². The van der Waals surface area contributed by atoms with Gasteiger partial charge in [0.05, 0.1) is 12.7 Å². The predicted molar refractivity (Wildman–Crippen MR) is 54.9 cm³/mol. The van der Waals surface area contributed by atoms with E-state index in [9.17, 15) is 4.79 Å². The Hall–Kier alpha value is -1.49. The standard InChI is InChI=1S/C8H11ClN4O/c1-5(9)3-11-8(14)6-4-12-13(2)7(6)10/h4H,1,3,10H2,2H3,(H,11,14). The lowest BCUT2D eigenvalue weighted by Gasteiger charge is -2.02. The molecule has 0 saturated heterocycles. The molecule has 0 aliphatic carbocycles. The van der Waals surface area contributed by atoms with Gasteiger partial charge < -0.3 is 11.1 Å². The lowest BCUT2D eigenvalue weighted by atomic mass is 10.3. The fourth-order valence-corrected chi connectivity index (χ4v) is 0.960. The number of carbonyl (C=O) groups is 1. The molecule has 0 bridgehead atoms. The van der Waals surface area contributed by atoms with Crippen molar-refractivity contribution < 1.29 is 4.79 Å². The molecule has 0 unspecified atom stereocenters. The number of nitrogens with one attached hydrogen (secondary N) is 1. The average molecular weight is 215 g/mol. The summed E-state index contributed by atoms with van der Waals surface area (Å²) in [6.07, 6.45) is 1.40. The van der Waals surface area contributed by atoms with E-state index in [1.165, 1.54) is 10.9 Å². The molecule has 1 amide bonds. The quantitative estimate of drug-likeness (QED) is 0.769. The topological polar surface area (TPSA) is 72.9 Å². The van der Waals surface area contributed by atoms with Crippen molar-refractivity contribution in [2.45, 2.75) is 0 Å². The van der Waals surface area contributed by atoms with Gasteiger partial charge in [0, 0.05) is 12.1 Å². The van der Waals surface area contributed by atoms with Gasteiger partial charge >= 0.3 is 0 Å². The maximum absolute atomic E-state index is 11.4. The lowest BCUT2D eigenvalue weighted by Crippen LogP contribution is -2.25. The van der Waals surface area contributed by atoms with Gasteiger partial charge in [0.2, 0.25) is 0 Å². The number of amides is 1. The average Bonchev–Trinajstić information content (AvgIpc) is 2.44. The summed E-state index contributed by atoms with van der Waals surface area (Å²) in [5.41, 5.74) is 5.93. The first kappa shape index (κ1) is 10.6. The summed E-state index contributed by atoms with van der Waals surface area (Å²) in [6, 6.07) is 0. The Morgan fingerprint density at radius 2 is 2.50 bits per heavy atom. The van der Waals surface area contributed by atoms with Crippen molar-refractivity contribution in [2.24, 2.45) is 7.05 Å². The van der Waals surface area contributed by atoms with Crippen LogP contribution in [0.3, 0.4) is 0 Å². The highest BCUT2D eigenvalue weighted by molar-refractivity contribution is 6.29. The summed E-state index contributed by atoms with van der Waals surface area (Å²) in [6.45, 7) is 3.66. The van der Waals surface area contributed by atoms with Crippen LogP contribution in [0.25, 0.3) is 0 Å². The number of hydrogen-bond donors (Lipinski definition) is 2. The van der Waals surface area contributed by atoms with Gasteiger partial charge in [-0.25, -0.2) is 0 Å². The molecule has 3 N–H and O–H groups in total. The Morgan fingerprint density at radius 3 is 2.93 bits per heavy atom. The van der Waals surface area contributed by atoms with Gasteiger partial charge in [-0.1, -0.05) is 18.2 Å². The van der Waals surface area contributed by atoms with E-state index in [0.717, 1.165) is 0 Å². The van der Waals surface area contributed by atoms with Gasteiger partial charge in [0.25, 0.3) is 5.91 Å². The maximum atomic E-state index is 11.4. The molecule has 0 saturated carbocycles. The smallest absolute Gasteiger partial charge is 0.256 e. The van der Waals surface area contributed by atoms with Crippen molar-refractivity contribution in [1.82, 2.24) is 15.1 Å². The molecule has 0 fully saturated rings. The number of anilines is 1. The van der Waals surface area contributed by atoms with Crippen LogP contribution in [0.1, 0.15) is 10.4 Å². The second-order valence-electron chi connectivity index (χ2n) is 2.77. The molecule has 1 rings (SSSR count). The second-order valence-corrected chi connectivity index (χ2v) is 3.30. The Morgan fingerprint density at radius 1 is 1.86 bits per heavy atom. The van der Waals surface area contributed by atoms with E-state index in [1.807, 2.05) is 0 Å². The van der Waals surface area contributed by atoms with E-state index in [4.69, 9.17) is 17.3 Å². The van der Waals surface area contributed by atoms with Crippen molar-refractivity contribution >= 4 is 23.3 Å². The number of nitrogens with two attached hydrogens (primary N) is 1. The molecule has 0 atom stereocenters. The van der Waals surface area contributed by atoms with Gasteiger partial charge in [-0.2, -0.15) is 5.10 Å². The van der Waals surface area contributed by atoms with E-state index in [-0.39, 0.29) is 12.5 Å². The third kappa shape index (κ3) is 2.26. The molecule has 0 radical (unpaired) electrons. The van der Waals surface area contributed by atoms with Crippen molar-refractivity contribution in [2.75, 3.05) is 12.3 Å². The first-order chi connectivity index (χ1) is 6.52. The molecule has 1 aromatic rings. The van der Waals surface area contributed by atoms with Gasteiger partial charge in [-0.15, -0.1) is 0 Å². The van der Waals surface area contributed by atoms with E-state index in [1.54, 1.807) is 7.05 Å². The minimum atomic E-state index is -0.308. The van der Waals surface area contributed by atoms with E-state index in [0.29, 0.717) is 16.4 Å². The van der Waals surface area contributed by atoms with Crippen LogP contribution in [0, 0.1) is 0 Å². The number of aryl methyl sites for hydroxylation is 1. The van der Waals surface area contributed by atoms with Crippen LogP contribution in [0.4, 0.5) is 5.82 Å². The number of nitrogen functional groups attached to an aromatic ring is 1. The molecule has 0 aliphatic heterocycles. The van der Waals surface area contributed by atoms with Crippen LogP contribution >= 0.6 is 11.6 Å². The summed E-state index contributed by atoms with van der Waals surface area (Å²) in [5.74, 6) is 0.0140. The molecular formula is C8H11ClN4O. The zero-order valence-corrected chi connectivity index (χ0v) is 8.51. The Labute approximate surface area is 86.5 Å². The number of nitrogens with zero attached hydrogens (tertiary/aromatic N) is 2. The Balaban J connectivity index is 2.70. The molecule has 0 spiro atoms. The van der Waals surface area contributed by atoms with E-state index >= 15 is 0 Å². The van der Waals surface area contributed by atoms with Gasteiger partial charge in [0.1, 0.15) is 11.4 Å². The molecule has 1 heterocycles. The second kappa shape index (κ2) is 4.15. The number of carbonyl (C=O) groups excluding carboxylic acids is 1. The molecule has 5 nitrogen and oxygen atoms in total. The van der Waals surface area contributed by atoms with Crippen molar-refractivity contribution in [3.05, 3.63) is 23.4 Å². The van der Waals surface area contributed by atoms with Crippen molar-refractivity contribution in [3.8, 4) is 0 Å². The van der Waals surface area contributed by atoms with E-state index < -0.39 is 0 Å². The predicted octanol–water partition coefficient (Wildman–Crippen LogP) is 0.485. The highest BCUT2D eigenvalue weighted by Gasteiger charge is 2.12. The number of rotatable bonds is 3. The number of halogens is 1. The Kier molecular flexibility index (Phi) is 3.14. The minimum Gasteiger partial charge on any atom is -0.383 e. The minimum absolute atomic E-state index is 0.217. The fraction of sp³-hybridized carbons (Fsp3) is 0.250. The largest absolute Gasteiger partial charge is 0.383 e. The monoisotopic (exact) mass is 214 g/mol. The van der Waals surface area contributed by atoms with Crippen LogP contribution in [0.5, 0.6) is 0 Å². The van der Waals surface area contributed by atoms with Gasteiger partial charge in [-0.3, -0.25) is 9.48 Å². The highest BCUT2D eigenvalue weighted by Crippen LogP contribution is 2.08. The Bertz CT molecular complexity index is 371. The molecule has 14 heavy (non-hydrogen) atoms. The SMILES string of the molecule is C=C(Cl)CNC(=O)c1cnn(C)c1N. The van der Waals surface area contributed by atoms with Crippen LogP contribution in [0.15, 0.2) is 17.8 Å². The van der Waals surface area contributed by atoms with E-state index in [2.05, 4.69) is 17.0 Å². The zero-order valence-electron chi connectivity index (χ0n) is 7.75. The molecule has 6 heteroatoms. The summed E-state index contributed by atoms with van der Waals surface area (Å²) in [5, 5.41) is 6.75. The first-order valence-corrected chi connectivity index (χ1v) is 4.29. The molecule has 1 aromatic heterocycles. The van der Waals surface area contributed by atoms with Crippen molar-refractivity contribution in [3.63, 3.8) is 0 Å². The summed E-state index contributed by atoms with van der Waals surface area (Å²) >= 11 is 5.49. The van der Waals surface area contributed by atoms with Gasteiger partial charge in [0.15, 0.2) is 0 Å².